The highest BCUT2D eigenvalue weighted by atomic mass is 16.6. The van der Waals surface area contributed by atoms with E-state index in [2.05, 4.69) is 15.6 Å². The molecule has 1 aromatic heterocycles. The lowest BCUT2D eigenvalue weighted by Gasteiger charge is -2.06. The van der Waals surface area contributed by atoms with Gasteiger partial charge in [0, 0.05) is 24.0 Å². The highest BCUT2D eigenvalue weighted by Gasteiger charge is 2.15. The number of rotatable bonds is 3. The second kappa shape index (κ2) is 6.24. The number of carbonyl (C=O) groups excluding carboxylic acids is 2. The van der Waals surface area contributed by atoms with Gasteiger partial charge in [-0.05, 0) is 18.2 Å². The van der Waals surface area contributed by atoms with E-state index in [1.54, 1.807) is 12.1 Å². The topological polar surface area (TPSA) is 114 Å². The molecule has 21 heavy (non-hydrogen) atoms. The first-order chi connectivity index (χ1) is 10.1. The van der Waals surface area contributed by atoms with Gasteiger partial charge in [-0.3, -0.25) is 24.7 Å². The van der Waals surface area contributed by atoms with E-state index in [1.165, 1.54) is 30.6 Å². The van der Waals surface area contributed by atoms with Gasteiger partial charge in [-0.1, -0.05) is 6.07 Å². The van der Waals surface area contributed by atoms with Crippen LogP contribution in [0.3, 0.4) is 0 Å². The fraction of sp³-hybridized carbons (Fsp3) is 0. The van der Waals surface area contributed by atoms with Gasteiger partial charge in [0.15, 0.2) is 0 Å². The summed E-state index contributed by atoms with van der Waals surface area (Å²) in [4.78, 5) is 37.2. The molecular weight excluding hydrogens is 276 g/mol. The summed E-state index contributed by atoms with van der Waals surface area (Å²) in [5.74, 6) is -1.83. The lowest BCUT2D eigenvalue weighted by molar-refractivity contribution is -0.384. The summed E-state index contributed by atoms with van der Waals surface area (Å²) in [5.41, 5.74) is 0.354. The van der Waals surface area contributed by atoms with Crippen molar-refractivity contribution >= 4 is 28.9 Å². The molecule has 0 saturated carbocycles. The van der Waals surface area contributed by atoms with Crippen LogP contribution >= 0.6 is 0 Å². The van der Waals surface area contributed by atoms with E-state index in [-0.39, 0.29) is 11.4 Å². The predicted molar refractivity (Wildman–Crippen MR) is 74.6 cm³/mol. The van der Waals surface area contributed by atoms with Crippen molar-refractivity contribution in [2.45, 2.75) is 0 Å². The van der Waals surface area contributed by atoms with Crippen molar-refractivity contribution in [3.8, 4) is 0 Å². The van der Waals surface area contributed by atoms with E-state index in [0.29, 0.717) is 5.69 Å². The summed E-state index contributed by atoms with van der Waals surface area (Å²) in [7, 11) is 0. The van der Waals surface area contributed by atoms with Crippen LogP contribution in [-0.4, -0.2) is 21.7 Å². The van der Waals surface area contributed by atoms with Crippen LogP contribution < -0.4 is 10.6 Å². The molecule has 0 fully saturated rings. The largest absolute Gasteiger partial charge is 0.318 e. The number of nitrogens with one attached hydrogen (secondary N) is 2. The van der Waals surface area contributed by atoms with Gasteiger partial charge in [0.25, 0.3) is 5.69 Å². The second-order valence-electron chi connectivity index (χ2n) is 3.96. The molecule has 0 aliphatic carbocycles. The van der Waals surface area contributed by atoms with Crippen molar-refractivity contribution in [1.29, 1.82) is 0 Å². The highest BCUT2D eigenvalue weighted by Crippen LogP contribution is 2.17. The number of hydrogen-bond acceptors (Lipinski definition) is 5. The average molecular weight is 286 g/mol. The van der Waals surface area contributed by atoms with Gasteiger partial charge in [-0.2, -0.15) is 0 Å². The number of anilines is 2. The standard InChI is InChI=1S/C13H10N4O4/c18-12(13(19)16-10-4-2-6-14-8-10)15-9-3-1-5-11(7-9)17(20)21/h1-8H,(H,15,18)(H,16,19). The number of non-ortho nitro benzene ring substituents is 1. The third-order valence-corrected chi connectivity index (χ3v) is 2.44. The van der Waals surface area contributed by atoms with Crippen LogP contribution in [0.15, 0.2) is 48.8 Å². The monoisotopic (exact) mass is 286 g/mol. The molecular formula is C13H10N4O4. The van der Waals surface area contributed by atoms with Crippen molar-refractivity contribution in [3.05, 3.63) is 58.9 Å². The lowest BCUT2D eigenvalue weighted by atomic mass is 10.3. The smallest absolute Gasteiger partial charge is 0.314 e. The molecule has 0 aliphatic rings. The van der Waals surface area contributed by atoms with Crippen LogP contribution in [0, 0.1) is 10.1 Å². The highest BCUT2D eigenvalue weighted by molar-refractivity contribution is 6.43. The zero-order valence-electron chi connectivity index (χ0n) is 10.6. The van der Waals surface area contributed by atoms with Crippen molar-refractivity contribution < 1.29 is 14.5 Å². The van der Waals surface area contributed by atoms with E-state index < -0.39 is 16.7 Å². The van der Waals surface area contributed by atoms with Gasteiger partial charge in [-0.15, -0.1) is 0 Å². The number of nitro benzene ring substituents is 1. The first kappa shape index (κ1) is 14.1. The molecule has 2 aromatic rings. The van der Waals surface area contributed by atoms with Crippen molar-refractivity contribution in [2.75, 3.05) is 10.6 Å². The Balaban J connectivity index is 2.02. The maximum absolute atomic E-state index is 11.7. The summed E-state index contributed by atoms with van der Waals surface area (Å²) >= 11 is 0. The molecule has 0 radical (unpaired) electrons. The van der Waals surface area contributed by atoms with Gasteiger partial charge >= 0.3 is 11.8 Å². The number of amides is 2. The van der Waals surface area contributed by atoms with Crippen molar-refractivity contribution in [3.63, 3.8) is 0 Å². The van der Waals surface area contributed by atoms with Crippen LogP contribution in [-0.2, 0) is 9.59 Å². The number of carbonyl (C=O) groups is 2. The first-order valence-corrected chi connectivity index (χ1v) is 5.83. The number of aromatic nitrogens is 1. The van der Waals surface area contributed by atoms with Gasteiger partial charge in [0.1, 0.15) is 0 Å². The number of benzene rings is 1. The van der Waals surface area contributed by atoms with Crippen molar-refractivity contribution in [2.24, 2.45) is 0 Å². The fourth-order valence-corrected chi connectivity index (χ4v) is 1.51. The van der Waals surface area contributed by atoms with Gasteiger partial charge in [-0.25, -0.2) is 0 Å². The van der Waals surface area contributed by atoms with Crippen LogP contribution in [0.1, 0.15) is 0 Å². The molecule has 8 heteroatoms. The predicted octanol–water partition coefficient (Wildman–Crippen LogP) is 1.57. The van der Waals surface area contributed by atoms with E-state index >= 15 is 0 Å². The molecule has 0 atom stereocenters. The van der Waals surface area contributed by atoms with Crippen LogP contribution in [0.2, 0.25) is 0 Å². The second-order valence-corrected chi connectivity index (χ2v) is 3.96. The average Bonchev–Trinajstić information content (AvgIpc) is 2.48. The maximum atomic E-state index is 11.7. The Morgan fingerprint density at radius 2 is 1.71 bits per heavy atom. The molecule has 1 heterocycles. The minimum atomic E-state index is -0.931. The van der Waals surface area contributed by atoms with Crippen molar-refractivity contribution in [1.82, 2.24) is 4.98 Å². The number of hydrogen-bond donors (Lipinski definition) is 2. The Morgan fingerprint density at radius 3 is 2.33 bits per heavy atom. The Labute approximate surface area is 119 Å². The van der Waals surface area contributed by atoms with Gasteiger partial charge < -0.3 is 10.6 Å². The van der Waals surface area contributed by atoms with Gasteiger partial charge in [0.05, 0.1) is 16.8 Å². The summed E-state index contributed by atoms with van der Waals surface area (Å²) in [6.45, 7) is 0. The number of nitro groups is 1. The summed E-state index contributed by atoms with van der Waals surface area (Å²) < 4.78 is 0. The first-order valence-electron chi connectivity index (χ1n) is 5.83. The zero-order chi connectivity index (χ0) is 15.2. The van der Waals surface area contributed by atoms with Crippen LogP contribution in [0.4, 0.5) is 17.1 Å². The minimum Gasteiger partial charge on any atom is -0.318 e. The molecule has 2 N–H and O–H groups in total. The van der Waals surface area contributed by atoms with Gasteiger partial charge in [0.2, 0.25) is 0 Å². The quantitative estimate of drug-likeness (QED) is 0.505. The molecule has 0 aliphatic heterocycles. The fourth-order valence-electron chi connectivity index (χ4n) is 1.51. The molecule has 1 aromatic carbocycles. The third-order valence-electron chi connectivity index (χ3n) is 2.44. The SMILES string of the molecule is O=C(Nc1cccnc1)C(=O)Nc1cccc([N+](=O)[O-])c1. The third kappa shape index (κ3) is 3.83. The maximum Gasteiger partial charge on any atom is 0.314 e. The van der Waals surface area contributed by atoms with Crippen LogP contribution in [0.5, 0.6) is 0 Å². The number of pyridine rings is 1. The Bertz CT molecular complexity index is 688. The zero-order valence-corrected chi connectivity index (χ0v) is 10.6. The molecule has 0 spiro atoms. The summed E-state index contributed by atoms with van der Waals surface area (Å²) in [6, 6.07) is 8.48. The lowest BCUT2D eigenvalue weighted by Crippen LogP contribution is -2.29. The summed E-state index contributed by atoms with van der Waals surface area (Å²) in [5, 5.41) is 15.3. The molecule has 0 bridgehead atoms. The van der Waals surface area contributed by atoms with Crippen LogP contribution in [0.25, 0.3) is 0 Å². The normalized spacial score (nSPS) is 9.71. The number of nitrogens with zero attached hydrogens (tertiary/aromatic N) is 2. The molecule has 106 valence electrons. The van der Waals surface area contributed by atoms with E-state index in [1.807, 2.05) is 0 Å². The molecule has 2 rings (SSSR count). The van der Waals surface area contributed by atoms with E-state index in [4.69, 9.17) is 0 Å². The molecule has 8 nitrogen and oxygen atoms in total. The Kier molecular flexibility index (Phi) is 4.20. The molecule has 2 amide bonds. The molecule has 0 saturated heterocycles. The van der Waals surface area contributed by atoms with E-state index in [0.717, 1.165) is 6.07 Å². The summed E-state index contributed by atoms with van der Waals surface area (Å²) in [6.07, 6.45) is 2.91. The Morgan fingerprint density at radius 1 is 1.05 bits per heavy atom. The van der Waals surface area contributed by atoms with E-state index in [9.17, 15) is 19.7 Å². The minimum absolute atomic E-state index is 0.163. The Hall–Kier alpha value is -3.29. The molecule has 0 unspecified atom stereocenters.